The molecule has 1 saturated carbocycles. The first-order chi connectivity index (χ1) is 13.2. The SMILES string of the molecule is CC(=O)N1[C@@H]2CN(C(=O)c3cc(=O)n(C)c(=O)n3C)[C@@H]3CCCC[C@H]1[C@]3(C)C2. The van der Waals surface area contributed by atoms with Crippen molar-refractivity contribution in [1.82, 2.24) is 18.9 Å². The van der Waals surface area contributed by atoms with Gasteiger partial charge in [-0.1, -0.05) is 19.8 Å². The summed E-state index contributed by atoms with van der Waals surface area (Å²) < 4.78 is 2.25. The molecule has 3 fully saturated rings. The zero-order valence-electron chi connectivity index (χ0n) is 17.0. The van der Waals surface area contributed by atoms with Crippen molar-refractivity contribution in [2.75, 3.05) is 6.54 Å². The van der Waals surface area contributed by atoms with Gasteiger partial charge in [-0.25, -0.2) is 4.79 Å². The van der Waals surface area contributed by atoms with Crippen molar-refractivity contribution in [3.05, 3.63) is 32.6 Å². The molecule has 2 bridgehead atoms. The summed E-state index contributed by atoms with van der Waals surface area (Å²) in [5.74, 6) is -0.223. The molecule has 4 rings (SSSR count). The predicted molar refractivity (Wildman–Crippen MR) is 103 cm³/mol. The summed E-state index contributed by atoms with van der Waals surface area (Å²) in [5.41, 5.74) is -1.03. The van der Waals surface area contributed by atoms with Gasteiger partial charge in [0.2, 0.25) is 5.91 Å². The van der Waals surface area contributed by atoms with E-state index >= 15 is 0 Å². The molecule has 2 aliphatic heterocycles. The van der Waals surface area contributed by atoms with E-state index in [-0.39, 0.29) is 41.0 Å². The van der Waals surface area contributed by atoms with E-state index < -0.39 is 11.2 Å². The maximum absolute atomic E-state index is 13.5. The Bertz CT molecular complexity index is 964. The fourth-order valence-electron chi connectivity index (χ4n) is 5.95. The Labute approximate surface area is 163 Å². The predicted octanol–water partition coefficient (Wildman–Crippen LogP) is 0.478. The van der Waals surface area contributed by atoms with E-state index in [1.165, 1.54) is 24.7 Å². The third-order valence-corrected chi connectivity index (χ3v) is 7.29. The molecule has 8 nitrogen and oxygen atoms in total. The number of carbonyl (C=O) groups is 2. The molecule has 1 aliphatic carbocycles. The van der Waals surface area contributed by atoms with E-state index in [2.05, 4.69) is 6.92 Å². The number of hydrogen-bond acceptors (Lipinski definition) is 4. The summed E-state index contributed by atoms with van der Waals surface area (Å²) >= 11 is 0. The van der Waals surface area contributed by atoms with Gasteiger partial charge in [-0.2, -0.15) is 0 Å². The summed E-state index contributed by atoms with van der Waals surface area (Å²) in [6, 6.07) is 1.40. The average molecular weight is 388 g/mol. The van der Waals surface area contributed by atoms with Crippen LogP contribution < -0.4 is 11.2 Å². The quantitative estimate of drug-likeness (QED) is 0.700. The first-order valence-electron chi connectivity index (χ1n) is 10.0. The molecule has 0 spiro atoms. The number of amides is 2. The first-order valence-corrected chi connectivity index (χ1v) is 10.0. The molecule has 0 N–H and O–H groups in total. The zero-order valence-corrected chi connectivity index (χ0v) is 17.0. The topological polar surface area (TPSA) is 84.6 Å². The minimum atomic E-state index is -0.508. The van der Waals surface area contributed by atoms with Crippen molar-refractivity contribution >= 4 is 11.8 Å². The summed E-state index contributed by atoms with van der Waals surface area (Å²) in [5, 5.41) is 0. The molecular formula is C20H28N4O4. The van der Waals surface area contributed by atoms with Gasteiger partial charge in [0, 0.05) is 51.1 Å². The number of fused-ring (bicyclic) bond motifs is 1. The fraction of sp³-hybridized carbons (Fsp3) is 0.700. The third kappa shape index (κ3) is 2.49. The van der Waals surface area contributed by atoms with Crippen LogP contribution in [0.3, 0.4) is 0 Å². The Kier molecular flexibility index (Phi) is 4.28. The second kappa shape index (κ2) is 6.32. The first kappa shape index (κ1) is 19.0. The molecule has 152 valence electrons. The van der Waals surface area contributed by atoms with Gasteiger partial charge in [-0.05, 0) is 19.3 Å². The van der Waals surface area contributed by atoms with E-state index in [9.17, 15) is 19.2 Å². The molecule has 3 heterocycles. The monoisotopic (exact) mass is 388 g/mol. The maximum Gasteiger partial charge on any atom is 0.331 e. The molecule has 0 unspecified atom stereocenters. The van der Waals surface area contributed by atoms with E-state index in [1.54, 1.807) is 6.92 Å². The van der Waals surface area contributed by atoms with E-state index in [4.69, 9.17) is 0 Å². The summed E-state index contributed by atoms with van der Waals surface area (Å²) in [4.78, 5) is 54.2. The Balaban J connectivity index is 1.80. The fourth-order valence-corrected chi connectivity index (χ4v) is 5.95. The molecule has 28 heavy (non-hydrogen) atoms. The van der Waals surface area contributed by atoms with Gasteiger partial charge in [0.25, 0.3) is 11.5 Å². The van der Waals surface area contributed by atoms with Gasteiger partial charge >= 0.3 is 5.69 Å². The highest BCUT2D eigenvalue weighted by Gasteiger charge is 2.60. The lowest BCUT2D eigenvalue weighted by molar-refractivity contribution is -0.132. The van der Waals surface area contributed by atoms with Gasteiger partial charge in [-0.3, -0.25) is 23.5 Å². The summed E-state index contributed by atoms with van der Waals surface area (Å²) in [6.07, 6.45) is 4.80. The summed E-state index contributed by atoms with van der Waals surface area (Å²) in [6.45, 7) is 4.27. The Morgan fingerprint density at radius 1 is 1.07 bits per heavy atom. The van der Waals surface area contributed by atoms with Gasteiger partial charge in [0.1, 0.15) is 5.69 Å². The number of rotatable bonds is 1. The van der Waals surface area contributed by atoms with Crippen molar-refractivity contribution in [1.29, 1.82) is 0 Å². The highest BCUT2D eigenvalue weighted by atomic mass is 16.2. The molecule has 3 aliphatic rings. The number of likely N-dealkylation sites (tertiary alicyclic amines) is 2. The second-order valence-corrected chi connectivity index (χ2v) is 8.83. The van der Waals surface area contributed by atoms with Crippen LogP contribution >= 0.6 is 0 Å². The van der Waals surface area contributed by atoms with Gasteiger partial charge < -0.3 is 9.80 Å². The molecule has 2 saturated heterocycles. The van der Waals surface area contributed by atoms with Crippen molar-refractivity contribution in [3.63, 3.8) is 0 Å². The zero-order chi connectivity index (χ0) is 20.4. The van der Waals surface area contributed by atoms with Gasteiger partial charge in [0.15, 0.2) is 0 Å². The smallest absolute Gasteiger partial charge is 0.331 e. The minimum Gasteiger partial charge on any atom is -0.335 e. The van der Waals surface area contributed by atoms with Crippen LogP contribution in [0.4, 0.5) is 0 Å². The number of aromatic nitrogens is 2. The number of carbonyl (C=O) groups excluding carboxylic acids is 2. The second-order valence-electron chi connectivity index (χ2n) is 8.83. The van der Waals surface area contributed by atoms with Crippen LogP contribution in [-0.4, -0.2) is 55.4 Å². The van der Waals surface area contributed by atoms with Crippen LogP contribution in [0, 0.1) is 5.41 Å². The molecule has 4 atom stereocenters. The summed E-state index contributed by atoms with van der Waals surface area (Å²) in [7, 11) is 2.93. The van der Waals surface area contributed by atoms with Crippen molar-refractivity contribution in [3.8, 4) is 0 Å². The lowest BCUT2D eigenvalue weighted by Gasteiger charge is -2.46. The molecule has 0 radical (unpaired) electrons. The highest BCUT2D eigenvalue weighted by molar-refractivity contribution is 5.93. The molecule has 2 amide bonds. The lowest BCUT2D eigenvalue weighted by Crippen LogP contribution is -2.56. The number of hydrogen-bond donors (Lipinski definition) is 0. The normalized spacial score (nSPS) is 31.6. The molecular weight excluding hydrogens is 360 g/mol. The molecule has 0 aromatic carbocycles. The van der Waals surface area contributed by atoms with Crippen molar-refractivity contribution < 1.29 is 9.59 Å². The van der Waals surface area contributed by atoms with Crippen LogP contribution in [0.5, 0.6) is 0 Å². The van der Waals surface area contributed by atoms with Crippen LogP contribution in [-0.2, 0) is 18.9 Å². The Morgan fingerprint density at radius 2 is 1.71 bits per heavy atom. The third-order valence-electron chi connectivity index (χ3n) is 7.29. The maximum atomic E-state index is 13.5. The average Bonchev–Trinajstić information content (AvgIpc) is 2.76. The lowest BCUT2D eigenvalue weighted by atomic mass is 9.71. The highest BCUT2D eigenvalue weighted by Crippen LogP contribution is 2.53. The standard InChI is InChI=1S/C20H28N4O4/c1-12(25)24-13-10-20(2)15(7-5-6-8-16(20)24)23(11-13)18(27)14-9-17(26)22(4)19(28)21(14)3/h9,13,15-16H,5-8,10-11H2,1-4H3/t13-,15+,16-,20+/m0/s1. The van der Waals surface area contributed by atoms with Crippen LogP contribution in [0.1, 0.15) is 56.4 Å². The number of piperidine rings is 1. The number of nitrogens with zero attached hydrogens (tertiary/aromatic N) is 4. The van der Waals surface area contributed by atoms with E-state index in [0.29, 0.717) is 6.54 Å². The molecule has 1 aromatic rings. The van der Waals surface area contributed by atoms with Crippen LogP contribution in [0.15, 0.2) is 15.7 Å². The Morgan fingerprint density at radius 3 is 2.36 bits per heavy atom. The van der Waals surface area contributed by atoms with Crippen LogP contribution in [0.2, 0.25) is 0 Å². The van der Waals surface area contributed by atoms with E-state index in [1.807, 2.05) is 9.80 Å². The van der Waals surface area contributed by atoms with Crippen LogP contribution in [0.25, 0.3) is 0 Å². The largest absolute Gasteiger partial charge is 0.335 e. The van der Waals surface area contributed by atoms with Crippen molar-refractivity contribution in [2.24, 2.45) is 19.5 Å². The Hall–Kier alpha value is -2.38. The van der Waals surface area contributed by atoms with Gasteiger partial charge in [-0.15, -0.1) is 0 Å². The molecule has 1 aromatic heterocycles. The van der Waals surface area contributed by atoms with Gasteiger partial charge in [0.05, 0.1) is 6.04 Å². The van der Waals surface area contributed by atoms with E-state index in [0.717, 1.165) is 36.7 Å². The minimum absolute atomic E-state index is 0.00521. The van der Waals surface area contributed by atoms with Crippen molar-refractivity contribution in [2.45, 2.75) is 64.1 Å². The molecule has 8 heteroatoms.